The van der Waals surface area contributed by atoms with E-state index in [1.54, 1.807) is 17.8 Å². The summed E-state index contributed by atoms with van der Waals surface area (Å²) < 4.78 is 30.1. The Balaban J connectivity index is 1.22. The normalized spacial score (nSPS) is 24.5. The third-order valence-electron chi connectivity index (χ3n) is 8.19. The van der Waals surface area contributed by atoms with Gasteiger partial charge in [-0.15, -0.1) is 0 Å². The maximum absolute atomic E-state index is 12.8. The Morgan fingerprint density at radius 2 is 1.89 bits per heavy atom. The lowest BCUT2D eigenvalue weighted by molar-refractivity contribution is 0.0877. The van der Waals surface area contributed by atoms with E-state index in [-0.39, 0.29) is 11.1 Å². The Kier molecular flexibility index (Phi) is 6.35. The van der Waals surface area contributed by atoms with Crippen LogP contribution in [-0.4, -0.2) is 61.1 Å². The predicted molar refractivity (Wildman–Crippen MR) is 142 cm³/mol. The highest BCUT2D eigenvalue weighted by atomic mass is 32.2. The van der Waals surface area contributed by atoms with Gasteiger partial charge in [0.2, 0.25) is 0 Å². The Hall–Kier alpha value is -2.68. The van der Waals surface area contributed by atoms with E-state index in [0.717, 1.165) is 25.8 Å². The molecule has 3 aromatic rings. The highest BCUT2D eigenvalue weighted by molar-refractivity contribution is 7.89. The summed E-state index contributed by atoms with van der Waals surface area (Å²) in [6.45, 7) is 3.95. The smallest absolute Gasteiger partial charge is 0.259 e. The van der Waals surface area contributed by atoms with Gasteiger partial charge in [0, 0.05) is 50.0 Å². The lowest BCUT2D eigenvalue weighted by atomic mass is 9.74. The number of rotatable bonds is 7. The molecule has 1 N–H and O–H groups in total. The fourth-order valence-electron chi connectivity index (χ4n) is 6.19. The molecule has 0 radical (unpaired) electrons. The summed E-state index contributed by atoms with van der Waals surface area (Å²) >= 11 is 0. The minimum absolute atomic E-state index is 0.0815. The van der Waals surface area contributed by atoms with Crippen molar-refractivity contribution in [2.24, 2.45) is 7.05 Å². The van der Waals surface area contributed by atoms with Crippen molar-refractivity contribution >= 4 is 15.7 Å². The molecule has 0 unspecified atom stereocenters. The van der Waals surface area contributed by atoms with Crippen LogP contribution in [-0.2, 0) is 29.9 Å². The molecular weight excluding hydrogens is 470 g/mol. The fourth-order valence-corrected chi connectivity index (χ4v) is 7.43. The van der Waals surface area contributed by atoms with E-state index < -0.39 is 10.0 Å². The van der Waals surface area contributed by atoms with Crippen LogP contribution >= 0.6 is 0 Å². The van der Waals surface area contributed by atoms with Crippen molar-refractivity contribution in [1.29, 1.82) is 0 Å². The zero-order chi connectivity index (χ0) is 24.7. The monoisotopic (exact) mass is 505 g/mol. The number of nitrogens with one attached hydrogen (secondary N) is 1. The van der Waals surface area contributed by atoms with Gasteiger partial charge < -0.3 is 9.47 Å². The molecule has 1 aromatic heterocycles. The molecule has 0 bridgehead atoms. The predicted octanol–water partition coefficient (Wildman–Crippen LogP) is 3.32. The van der Waals surface area contributed by atoms with Gasteiger partial charge in [-0.25, -0.2) is 18.1 Å². The Morgan fingerprint density at radius 3 is 2.61 bits per heavy atom. The zero-order valence-corrected chi connectivity index (χ0v) is 21.7. The van der Waals surface area contributed by atoms with Crippen LogP contribution in [0, 0.1) is 0 Å². The van der Waals surface area contributed by atoms with Crippen LogP contribution in [0.5, 0.6) is 0 Å². The summed E-state index contributed by atoms with van der Waals surface area (Å²) in [5.74, 6) is 0.484. The molecule has 1 aliphatic carbocycles. The summed E-state index contributed by atoms with van der Waals surface area (Å²) in [4.78, 5) is 9.04. The first-order chi connectivity index (χ1) is 17.5. The molecule has 6 rings (SSSR count). The molecule has 190 valence electrons. The van der Waals surface area contributed by atoms with Crippen molar-refractivity contribution < 1.29 is 8.42 Å². The lowest BCUT2D eigenvalue weighted by Crippen LogP contribution is -2.50. The van der Waals surface area contributed by atoms with Gasteiger partial charge >= 0.3 is 0 Å². The van der Waals surface area contributed by atoms with Crippen molar-refractivity contribution in [3.8, 4) is 0 Å². The van der Waals surface area contributed by atoms with Crippen LogP contribution in [0.4, 0.5) is 5.69 Å². The highest BCUT2D eigenvalue weighted by Crippen LogP contribution is 2.40. The van der Waals surface area contributed by atoms with Gasteiger partial charge in [-0.2, -0.15) is 0 Å². The Labute approximate surface area is 214 Å². The summed E-state index contributed by atoms with van der Waals surface area (Å²) in [6.07, 6.45) is 8.57. The van der Waals surface area contributed by atoms with Crippen molar-refractivity contribution in [2.75, 3.05) is 31.1 Å². The number of likely N-dealkylation sites (tertiary alicyclic amines) is 1. The number of hydrogen-bond donors (Lipinski definition) is 1. The number of fused-ring (bicyclic) bond motifs is 1. The standard InChI is InChI=1S/C28H35N5O2S/c1-31-19-28(29-20-31)36(34,35)30-23-12-15-33(18-23)24-10-8-22-9-11-27(32-13-5-14-32)26(25(22)17-24)16-21-6-3-2-4-7-21/h2-4,6-8,10,17,19-20,23,26-27,30H,5,9,11-16,18H2,1H3/t23-,26-,27+/m1/s1. The van der Waals surface area contributed by atoms with Gasteiger partial charge in [0.25, 0.3) is 10.0 Å². The van der Waals surface area contributed by atoms with E-state index in [2.05, 4.69) is 68.0 Å². The third kappa shape index (κ3) is 4.69. The number of anilines is 1. The summed E-state index contributed by atoms with van der Waals surface area (Å²) in [7, 11) is -1.84. The van der Waals surface area contributed by atoms with Gasteiger partial charge in [-0.05, 0) is 74.0 Å². The van der Waals surface area contributed by atoms with E-state index in [1.165, 1.54) is 54.6 Å². The van der Waals surface area contributed by atoms with Crippen molar-refractivity contribution in [3.05, 3.63) is 77.7 Å². The molecule has 7 nitrogen and oxygen atoms in total. The molecule has 0 amide bonds. The van der Waals surface area contributed by atoms with Crippen molar-refractivity contribution in [3.63, 3.8) is 0 Å². The van der Waals surface area contributed by atoms with Gasteiger partial charge in [0.1, 0.15) is 0 Å². The molecule has 2 fully saturated rings. The first-order valence-electron chi connectivity index (χ1n) is 13.1. The van der Waals surface area contributed by atoms with Crippen LogP contribution in [0.25, 0.3) is 0 Å². The number of aromatic nitrogens is 2. The second-order valence-electron chi connectivity index (χ2n) is 10.6. The number of hydrogen-bond acceptors (Lipinski definition) is 5. The first-order valence-corrected chi connectivity index (χ1v) is 14.6. The van der Waals surface area contributed by atoms with Crippen LogP contribution in [0.1, 0.15) is 41.9 Å². The lowest BCUT2D eigenvalue weighted by Gasteiger charge is -2.46. The molecule has 36 heavy (non-hydrogen) atoms. The summed E-state index contributed by atoms with van der Waals surface area (Å²) in [5.41, 5.74) is 5.56. The van der Waals surface area contributed by atoms with E-state index in [9.17, 15) is 8.42 Å². The third-order valence-corrected chi connectivity index (χ3v) is 9.60. The number of sulfonamides is 1. The van der Waals surface area contributed by atoms with E-state index in [0.29, 0.717) is 18.5 Å². The molecule has 2 saturated heterocycles. The maximum atomic E-state index is 12.8. The molecule has 0 spiro atoms. The van der Waals surface area contributed by atoms with Crippen molar-refractivity contribution in [1.82, 2.24) is 19.2 Å². The van der Waals surface area contributed by atoms with E-state index in [1.807, 2.05) is 0 Å². The van der Waals surface area contributed by atoms with Gasteiger partial charge in [0.15, 0.2) is 5.03 Å². The van der Waals surface area contributed by atoms with Gasteiger partial charge in [0.05, 0.1) is 6.33 Å². The minimum atomic E-state index is -3.61. The summed E-state index contributed by atoms with van der Waals surface area (Å²) in [5, 5.41) is 0.0815. The Bertz CT molecular complexity index is 1320. The van der Waals surface area contributed by atoms with Gasteiger partial charge in [-0.3, -0.25) is 4.90 Å². The zero-order valence-electron chi connectivity index (χ0n) is 20.9. The van der Waals surface area contributed by atoms with Crippen LogP contribution in [0.3, 0.4) is 0 Å². The van der Waals surface area contributed by atoms with Crippen molar-refractivity contribution in [2.45, 2.75) is 55.1 Å². The summed E-state index contributed by atoms with van der Waals surface area (Å²) in [6, 6.07) is 18.3. The quantitative estimate of drug-likeness (QED) is 0.534. The molecule has 8 heteroatoms. The molecule has 3 atom stereocenters. The fraction of sp³-hybridized carbons (Fsp3) is 0.464. The highest BCUT2D eigenvalue weighted by Gasteiger charge is 2.36. The second-order valence-corrected chi connectivity index (χ2v) is 12.3. The van der Waals surface area contributed by atoms with E-state index >= 15 is 0 Å². The minimum Gasteiger partial charge on any atom is -0.370 e. The number of imidazole rings is 1. The van der Waals surface area contributed by atoms with Gasteiger partial charge in [-0.1, -0.05) is 36.4 Å². The van der Waals surface area contributed by atoms with Crippen LogP contribution in [0.2, 0.25) is 0 Å². The number of aryl methyl sites for hydroxylation is 2. The first kappa shape index (κ1) is 23.7. The average molecular weight is 506 g/mol. The van der Waals surface area contributed by atoms with E-state index in [4.69, 9.17) is 0 Å². The SMILES string of the molecule is Cn1cnc(S(=O)(=O)N[C@@H]2CCN(c3ccc4c(c3)[C@@H](Cc3ccccc3)[C@@H](N3CCC3)CC4)C2)c1. The number of nitrogens with zero attached hydrogens (tertiary/aromatic N) is 4. The second kappa shape index (κ2) is 9.65. The topological polar surface area (TPSA) is 70.5 Å². The molecular formula is C28H35N5O2S. The largest absolute Gasteiger partial charge is 0.370 e. The molecule has 3 heterocycles. The van der Waals surface area contributed by atoms with Crippen LogP contribution in [0.15, 0.2) is 66.1 Å². The van der Waals surface area contributed by atoms with Crippen LogP contribution < -0.4 is 9.62 Å². The maximum Gasteiger partial charge on any atom is 0.259 e. The molecule has 3 aliphatic rings. The molecule has 2 aliphatic heterocycles. The molecule has 0 saturated carbocycles. The average Bonchev–Trinajstić information content (AvgIpc) is 3.49. The number of benzene rings is 2. The molecule has 2 aromatic carbocycles. The Morgan fingerprint density at radius 1 is 1.06 bits per heavy atom.